The van der Waals surface area contributed by atoms with Gasteiger partial charge in [-0.2, -0.15) is 5.10 Å². The average molecular weight is 309 g/mol. The summed E-state index contributed by atoms with van der Waals surface area (Å²) in [7, 11) is 0. The Bertz CT molecular complexity index is 698. The zero-order valence-electron chi connectivity index (χ0n) is 13.6. The molecular formula is C19H23N3O. The molecule has 120 valence electrons. The van der Waals surface area contributed by atoms with Gasteiger partial charge in [0.05, 0.1) is 5.69 Å². The Balaban J connectivity index is 1.55. The Kier molecular flexibility index (Phi) is 4.91. The zero-order valence-corrected chi connectivity index (χ0v) is 13.6. The third-order valence-corrected chi connectivity index (χ3v) is 4.32. The first kappa shape index (κ1) is 15.5. The molecule has 1 aromatic heterocycles. The highest BCUT2D eigenvalue weighted by atomic mass is 16.1. The number of aromatic nitrogens is 2. The van der Waals surface area contributed by atoms with Crippen LogP contribution >= 0.6 is 0 Å². The lowest BCUT2D eigenvalue weighted by molar-refractivity contribution is 0.0954. The molecule has 0 fully saturated rings. The van der Waals surface area contributed by atoms with Crippen molar-refractivity contribution in [1.29, 1.82) is 0 Å². The Morgan fingerprint density at radius 3 is 2.70 bits per heavy atom. The second-order valence-electron chi connectivity index (χ2n) is 6.05. The molecule has 4 nitrogen and oxygen atoms in total. The van der Waals surface area contributed by atoms with Gasteiger partial charge in [0.15, 0.2) is 0 Å². The van der Waals surface area contributed by atoms with Crippen molar-refractivity contribution in [1.82, 2.24) is 15.1 Å². The lowest BCUT2D eigenvalue weighted by Crippen LogP contribution is -2.24. The number of benzene rings is 1. The molecule has 2 aromatic rings. The third-order valence-electron chi connectivity index (χ3n) is 4.32. The van der Waals surface area contributed by atoms with E-state index in [1.165, 1.54) is 31.3 Å². The lowest BCUT2D eigenvalue weighted by atomic mass is 9.97. The fraction of sp³-hybridized carbons (Fsp3) is 0.368. The molecule has 1 aromatic carbocycles. The van der Waals surface area contributed by atoms with Crippen LogP contribution in [0, 0.1) is 6.92 Å². The standard InChI is InChI=1S/C19H23N3O/c1-15-11-14-21-22(15)18-9-7-17(8-10-18)19(23)20-13-12-16-5-3-2-4-6-16/h5,7-11,14H,2-4,6,12-13H2,1H3,(H,20,23). The van der Waals surface area contributed by atoms with Gasteiger partial charge < -0.3 is 5.32 Å². The summed E-state index contributed by atoms with van der Waals surface area (Å²) in [5, 5.41) is 7.28. The first-order chi connectivity index (χ1) is 11.2. The number of nitrogens with one attached hydrogen (secondary N) is 1. The van der Waals surface area contributed by atoms with E-state index in [1.54, 1.807) is 6.20 Å². The predicted octanol–water partition coefficient (Wildman–Crippen LogP) is 3.80. The maximum Gasteiger partial charge on any atom is 0.251 e. The highest BCUT2D eigenvalue weighted by molar-refractivity contribution is 5.94. The first-order valence-corrected chi connectivity index (χ1v) is 8.31. The minimum absolute atomic E-state index is 0.00912. The van der Waals surface area contributed by atoms with Gasteiger partial charge in [0, 0.05) is 24.0 Å². The second-order valence-corrected chi connectivity index (χ2v) is 6.05. The van der Waals surface area contributed by atoms with E-state index in [9.17, 15) is 4.79 Å². The van der Waals surface area contributed by atoms with E-state index in [0.717, 1.165) is 17.8 Å². The van der Waals surface area contributed by atoms with Crippen molar-refractivity contribution in [2.24, 2.45) is 0 Å². The maximum absolute atomic E-state index is 12.2. The van der Waals surface area contributed by atoms with E-state index in [2.05, 4.69) is 16.5 Å². The first-order valence-electron chi connectivity index (χ1n) is 8.31. The van der Waals surface area contributed by atoms with Crippen LogP contribution in [0.4, 0.5) is 0 Å². The number of amides is 1. The van der Waals surface area contributed by atoms with Gasteiger partial charge in [-0.25, -0.2) is 4.68 Å². The molecule has 0 spiro atoms. The maximum atomic E-state index is 12.2. The van der Waals surface area contributed by atoms with E-state index >= 15 is 0 Å². The number of hydrogen-bond acceptors (Lipinski definition) is 2. The van der Waals surface area contributed by atoms with Gasteiger partial charge in [-0.15, -0.1) is 0 Å². The number of aryl methyl sites for hydroxylation is 1. The molecule has 0 unspecified atom stereocenters. The highest BCUT2D eigenvalue weighted by Crippen LogP contribution is 2.19. The summed E-state index contributed by atoms with van der Waals surface area (Å²) >= 11 is 0. The highest BCUT2D eigenvalue weighted by Gasteiger charge is 2.08. The van der Waals surface area contributed by atoms with Crippen LogP contribution < -0.4 is 5.32 Å². The Hall–Kier alpha value is -2.36. The summed E-state index contributed by atoms with van der Waals surface area (Å²) in [5.41, 5.74) is 4.22. The summed E-state index contributed by atoms with van der Waals surface area (Å²) in [6.07, 6.45) is 10.0. The van der Waals surface area contributed by atoms with E-state index < -0.39 is 0 Å². The fourth-order valence-corrected chi connectivity index (χ4v) is 2.96. The quantitative estimate of drug-likeness (QED) is 0.854. The summed E-state index contributed by atoms with van der Waals surface area (Å²) in [6.45, 7) is 2.72. The van der Waals surface area contributed by atoms with Crippen molar-refractivity contribution in [3.8, 4) is 5.69 Å². The molecule has 1 amide bonds. The number of nitrogens with zero attached hydrogens (tertiary/aromatic N) is 2. The molecule has 23 heavy (non-hydrogen) atoms. The second kappa shape index (κ2) is 7.27. The normalized spacial score (nSPS) is 14.4. The SMILES string of the molecule is Cc1ccnn1-c1ccc(C(=O)NCCC2=CCCCC2)cc1. The summed E-state index contributed by atoms with van der Waals surface area (Å²) in [5.74, 6) is -0.00912. The molecule has 1 aliphatic carbocycles. The van der Waals surface area contributed by atoms with Gasteiger partial charge >= 0.3 is 0 Å². The molecule has 0 saturated carbocycles. The topological polar surface area (TPSA) is 46.9 Å². The van der Waals surface area contributed by atoms with Crippen LogP contribution in [0.25, 0.3) is 5.69 Å². The molecule has 0 saturated heterocycles. The Labute approximate surface area is 137 Å². The Morgan fingerprint density at radius 1 is 1.22 bits per heavy atom. The summed E-state index contributed by atoms with van der Waals surface area (Å²) in [6, 6.07) is 9.52. The van der Waals surface area contributed by atoms with E-state index in [4.69, 9.17) is 0 Å². The van der Waals surface area contributed by atoms with Crippen LogP contribution in [0.2, 0.25) is 0 Å². The van der Waals surface area contributed by atoms with Gasteiger partial charge in [-0.1, -0.05) is 11.6 Å². The van der Waals surface area contributed by atoms with Gasteiger partial charge in [-0.3, -0.25) is 4.79 Å². The molecule has 3 rings (SSSR count). The minimum Gasteiger partial charge on any atom is -0.352 e. The Morgan fingerprint density at radius 2 is 2.04 bits per heavy atom. The third kappa shape index (κ3) is 3.89. The number of rotatable bonds is 5. The molecule has 1 N–H and O–H groups in total. The molecule has 0 bridgehead atoms. The summed E-state index contributed by atoms with van der Waals surface area (Å²) < 4.78 is 1.86. The minimum atomic E-state index is -0.00912. The molecule has 4 heteroatoms. The van der Waals surface area contributed by atoms with Crippen molar-refractivity contribution in [2.75, 3.05) is 6.54 Å². The number of hydrogen-bond donors (Lipinski definition) is 1. The van der Waals surface area contributed by atoms with Crippen LogP contribution in [-0.4, -0.2) is 22.2 Å². The van der Waals surface area contributed by atoms with Gasteiger partial charge in [0.2, 0.25) is 0 Å². The fourth-order valence-electron chi connectivity index (χ4n) is 2.96. The predicted molar refractivity (Wildman–Crippen MR) is 91.8 cm³/mol. The molecule has 0 atom stereocenters. The molecule has 1 heterocycles. The number of carbonyl (C=O) groups is 1. The zero-order chi connectivity index (χ0) is 16.1. The number of carbonyl (C=O) groups excluding carboxylic acids is 1. The van der Waals surface area contributed by atoms with Crippen LogP contribution in [0.1, 0.15) is 48.2 Å². The van der Waals surface area contributed by atoms with Crippen molar-refractivity contribution in [3.63, 3.8) is 0 Å². The van der Waals surface area contributed by atoms with Gasteiger partial charge in [-0.05, 0) is 69.4 Å². The molecule has 0 radical (unpaired) electrons. The molecule has 0 aliphatic heterocycles. The average Bonchev–Trinajstić information content (AvgIpc) is 3.02. The van der Waals surface area contributed by atoms with E-state index in [0.29, 0.717) is 12.1 Å². The number of allylic oxidation sites excluding steroid dienone is 1. The van der Waals surface area contributed by atoms with Crippen molar-refractivity contribution in [2.45, 2.75) is 39.0 Å². The van der Waals surface area contributed by atoms with Crippen LogP contribution in [0.3, 0.4) is 0 Å². The van der Waals surface area contributed by atoms with E-state index in [1.807, 2.05) is 41.9 Å². The van der Waals surface area contributed by atoms with Gasteiger partial charge in [0.1, 0.15) is 0 Å². The van der Waals surface area contributed by atoms with Gasteiger partial charge in [0.25, 0.3) is 5.91 Å². The van der Waals surface area contributed by atoms with Crippen LogP contribution in [0.15, 0.2) is 48.2 Å². The van der Waals surface area contributed by atoms with Crippen molar-refractivity contribution in [3.05, 3.63) is 59.4 Å². The smallest absolute Gasteiger partial charge is 0.251 e. The molecule has 1 aliphatic rings. The van der Waals surface area contributed by atoms with E-state index in [-0.39, 0.29) is 5.91 Å². The van der Waals surface area contributed by atoms with Crippen LogP contribution in [-0.2, 0) is 0 Å². The van der Waals surface area contributed by atoms with Crippen LogP contribution in [0.5, 0.6) is 0 Å². The van der Waals surface area contributed by atoms with Crippen molar-refractivity contribution >= 4 is 5.91 Å². The largest absolute Gasteiger partial charge is 0.352 e. The van der Waals surface area contributed by atoms with Crippen molar-refractivity contribution < 1.29 is 4.79 Å². The lowest BCUT2D eigenvalue weighted by Gasteiger charge is -2.13. The monoisotopic (exact) mass is 309 g/mol. The molecular weight excluding hydrogens is 286 g/mol. The summed E-state index contributed by atoms with van der Waals surface area (Å²) in [4.78, 5) is 12.2.